The monoisotopic (exact) mass is 1150 g/mol. The fraction of sp³-hybridized carbons (Fsp3) is 0.455. The van der Waals surface area contributed by atoms with E-state index >= 15 is 0 Å². The van der Waals surface area contributed by atoms with Gasteiger partial charge in [0.25, 0.3) is 0 Å². The molecule has 3 aliphatic rings. The number of benzene rings is 4. The maximum absolute atomic E-state index is 3.46. The van der Waals surface area contributed by atoms with Crippen LogP contribution in [0.1, 0.15) is 278 Å². The minimum Gasteiger partial charge on any atom is -0.0654 e. The van der Waals surface area contributed by atoms with Gasteiger partial charge in [-0.2, -0.15) is 0 Å². The van der Waals surface area contributed by atoms with Gasteiger partial charge in [0, 0.05) is 43.1 Å². The van der Waals surface area contributed by atoms with E-state index in [0.29, 0.717) is 0 Å². The predicted octanol–water partition coefficient (Wildman–Crippen LogP) is 15.5. The number of hydrogen-bond acceptors (Lipinski definition) is 0. The Morgan fingerprint density at radius 2 is 0.386 bits per heavy atom. The number of aryl methyl sites for hydroxylation is 4. The van der Waals surface area contributed by atoms with E-state index in [1.54, 1.807) is 0 Å². The summed E-state index contributed by atoms with van der Waals surface area (Å²) < 4.78 is 0. The molecule has 0 heterocycles. The van der Waals surface area contributed by atoms with Crippen LogP contribution < -0.4 is 41.7 Å². The van der Waals surface area contributed by atoms with Crippen LogP contribution in [0.25, 0.3) is 45.8 Å². The molecule has 4 bridgehead atoms. The largest absolute Gasteiger partial charge is 0.0654 e. The van der Waals surface area contributed by atoms with Crippen LogP contribution in [0.15, 0.2) is 94.4 Å². The molecule has 0 nitrogen and oxygen atoms in total. The Balaban J connectivity index is 1.46. The highest BCUT2D eigenvalue weighted by Crippen LogP contribution is 2.15. The Morgan fingerprint density at radius 3 is 0.591 bits per heavy atom. The fourth-order valence-electron chi connectivity index (χ4n) is 11.7. The molecule has 0 spiro atoms. The maximum Gasteiger partial charge on any atom is 0.0569 e. The van der Waals surface area contributed by atoms with Crippen LogP contribution in [0.2, 0.25) is 0 Å². The van der Waals surface area contributed by atoms with E-state index in [1.807, 2.05) is 0 Å². The highest BCUT2D eigenvalue weighted by atomic mass is 14.1. The van der Waals surface area contributed by atoms with Crippen molar-refractivity contribution in [2.24, 2.45) is 0 Å². The molecule has 0 N–H and O–H groups in total. The average molecular weight is 1150 g/mol. The third-order valence-electron chi connectivity index (χ3n) is 16.8. The van der Waals surface area contributed by atoms with Gasteiger partial charge in [0.2, 0.25) is 0 Å². The number of hydrogen-bond donors (Lipinski definition) is 0. The fourth-order valence-corrected chi connectivity index (χ4v) is 11.7. The maximum atomic E-state index is 3.46. The Morgan fingerprint density at radius 1 is 0.205 bits per heavy atom. The van der Waals surface area contributed by atoms with Crippen molar-refractivity contribution >= 4 is 45.8 Å². The highest BCUT2D eigenvalue weighted by Gasteiger charge is 2.06. The average Bonchev–Trinajstić information content (AvgIpc) is 2.58. The van der Waals surface area contributed by atoms with E-state index < -0.39 is 0 Å². The third-order valence-corrected chi connectivity index (χ3v) is 16.8. The lowest BCUT2D eigenvalue weighted by Crippen LogP contribution is -2.27. The number of unbranched alkanes of at least 4 members (excludes halogenated alkanes) is 28. The summed E-state index contributed by atoms with van der Waals surface area (Å²) in [6, 6.07) is 17.5. The summed E-state index contributed by atoms with van der Waals surface area (Å²) in [6.07, 6.45) is 43.8. The molecule has 0 fully saturated rings. The van der Waals surface area contributed by atoms with Crippen molar-refractivity contribution in [2.45, 2.75) is 259 Å². The molecule has 3 aliphatic carbocycles. The summed E-state index contributed by atoms with van der Waals surface area (Å²) in [5.41, 5.74) is 61.3. The molecule has 0 amide bonds. The molecule has 0 unspecified atom stereocenters. The lowest BCUT2D eigenvalue weighted by molar-refractivity contribution is 0.575. The molecule has 4 aromatic rings. The molecule has 0 saturated carbocycles. The van der Waals surface area contributed by atoms with E-state index in [4.69, 9.17) is 0 Å². The zero-order valence-electron chi connectivity index (χ0n) is 54.1. The van der Waals surface area contributed by atoms with E-state index in [1.165, 1.54) is 202 Å². The smallest absolute Gasteiger partial charge is 0.0569 e. The van der Waals surface area contributed by atoms with Crippen LogP contribution in [-0.4, -0.2) is 0 Å². The summed E-state index contributed by atoms with van der Waals surface area (Å²) in [5, 5.41) is 6.11. The first kappa shape index (κ1) is 67.1. The van der Waals surface area contributed by atoms with Gasteiger partial charge in [-0.3, -0.25) is 0 Å². The van der Waals surface area contributed by atoms with Crippen molar-refractivity contribution < 1.29 is 0 Å². The van der Waals surface area contributed by atoms with E-state index in [0.717, 1.165) is 115 Å². The van der Waals surface area contributed by atoms with E-state index in [9.17, 15) is 0 Å². The Bertz CT molecular complexity index is 3860. The topological polar surface area (TPSA) is 0 Å². The Kier molecular flexibility index (Phi) is 31.2. The molecule has 0 heteroatoms. The quantitative estimate of drug-likeness (QED) is 0.0209. The van der Waals surface area contributed by atoms with Crippen molar-refractivity contribution in [3.63, 3.8) is 0 Å². The van der Waals surface area contributed by atoms with E-state index in [-0.39, 0.29) is 0 Å². The SMILES string of the molecule is CCCCCCCCCCc1cc2c3c(c1)=C=C=C=C=c1cc(CCCCCCCCCC)cc(c1=C=C=C=C=3)C#CC#Cc1cc(CCCCCCCCCC)cc3c1=C=C=C=C=c1c(cc(CCCCCCCCCC)cc1=C=C=C=C=3)C#CC#C2. The van der Waals surface area contributed by atoms with Crippen LogP contribution in [-0.2, 0) is 25.7 Å². The zero-order valence-corrected chi connectivity index (χ0v) is 54.1. The second-order valence-corrected chi connectivity index (χ2v) is 24.2. The van der Waals surface area contributed by atoms with Crippen molar-refractivity contribution in [3.8, 4) is 47.4 Å². The van der Waals surface area contributed by atoms with Gasteiger partial charge < -0.3 is 0 Å². The van der Waals surface area contributed by atoms with Gasteiger partial charge in [0.15, 0.2) is 0 Å². The zero-order chi connectivity index (χ0) is 61.3. The number of rotatable bonds is 36. The molecule has 0 atom stereocenters. The Hall–Kier alpha value is -8.40. The lowest BCUT2D eigenvalue weighted by atomic mass is 10.00. The highest BCUT2D eigenvalue weighted by molar-refractivity contribution is 5.54. The van der Waals surface area contributed by atoms with Gasteiger partial charge in [-0.25, -0.2) is 0 Å². The van der Waals surface area contributed by atoms with Gasteiger partial charge in [-0.05, 0) is 192 Å². The molecule has 7 rings (SSSR count). The molecule has 0 radical (unpaired) electrons. The molecule has 88 heavy (non-hydrogen) atoms. The van der Waals surface area contributed by atoms with Gasteiger partial charge in [0.05, 0.1) is 20.9 Å². The minimum absolute atomic E-state index is 0.728. The normalized spacial score (nSPS) is 11.2. The Labute approximate surface area is 529 Å². The summed E-state index contributed by atoms with van der Waals surface area (Å²) in [4.78, 5) is 0. The first-order valence-electron chi connectivity index (χ1n) is 34.4. The van der Waals surface area contributed by atoms with Crippen LogP contribution >= 0.6 is 0 Å². The molecular formula is C88H92. The predicted molar refractivity (Wildman–Crippen MR) is 371 cm³/mol. The lowest BCUT2D eigenvalue weighted by Gasteiger charge is -2.04. The van der Waals surface area contributed by atoms with Crippen LogP contribution in [0, 0.1) is 47.4 Å². The van der Waals surface area contributed by atoms with Gasteiger partial charge in [-0.15, -0.1) is 0 Å². The van der Waals surface area contributed by atoms with Crippen molar-refractivity contribution in [3.05, 3.63) is 181 Å². The first-order chi connectivity index (χ1) is 43.6. The summed E-state index contributed by atoms with van der Waals surface area (Å²) >= 11 is 0. The summed E-state index contributed by atoms with van der Waals surface area (Å²) in [5.74, 6) is 26.9. The van der Waals surface area contributed by atoms with Gasteiger partial charge in [0.1, 0.15) is 0 Å². The first-order valence-corrected chi connectivity index (χ1v) is 34.4. The minimum atomic E-state index is 0.728. The third kappa shape index (κ3) is 24.0. The van der Waals surface area contributed by atoms with Crippen molar-refractivity contribution in [1.29, 1.82) is 0 Å². The van der Waals surface area contributed by atoms with Crippen LogP contribution in [0.3, 0.4) is 0 Å². The molecular weight excluding hydrogens is 1060 g/mol. The summed E-state index contributed by atoms with van der Waals surface area (Å²) in [7, 11) is 0. The van der Waals surface area contributed by atoms with E-state index in [2.05, 4.69) is 215 Å². The van der Waals surface area contributed by atoms with Gasteiger partial charge in [-0.1, -0.05) is 277 Å². The molecule has 0 saturated heterocycles. The second-order valence-electron chi connectivity index (χ2n) is 24.2. The van der Waals surface area contributed by atoms with Crippen LogP contribution in [0.5, 0.6) is 0 Å². The second kappa shape index (κ2) is 40.9. The van der Waals surface area contributed by atoms with Crippen molar-refractivity contribution in [1.82, 2.24) is 0 Å². The molecule has 0 aliphatic heterocycles. The van der Waals surface area contributed by atoms with Crippen LogP contribution in [0.4, 0.5) is 0 Å². The summed E-state index contributed by atoms with van der Waals surface area (Å²) in [6.45, 7) is 9.10. The molecule has 4 aromatic carbocycles. The molecule has 0 aromatic heterocycles. The molecule has 444 valence electrons. The standard InChI is InChI=1S/C88H92/c1-5-9-13-17-21-25-29-33-49-73-65-77-53-37-38-54-78-66-74(50-34-30-26-22-18-14-10-6-2)71-83-59-43-44-60-84-72-76(52-36-32-28-24-20-16-12-8-4)68-80-56-40-39-55-79-67-75(51-35-31-27-23-19-15-11-7-3)70-82(87(79)63-47-48-64-88(80)84)58-42-41-57-81(69-73)85(77)61-45-46-62-86(78)83/h65-72H,5-36,49-52H2,1-4H3. The van der Waals surface area contributed by atoms with Gasteiger partial charge >= 0.3 is 0 Å². The van der Waals surface area contributed by atoms with Crippen molar-refractivity contribution in [2.75, 3.05) is 0 Å².